The van der Waals surface area contributed by atoms with Crippen molar-refractivity contribution in [3.8, 4) is 0 Å². The summed E-state index contributed by atoms with van der Waals surface area (Å²) < 4.78 is 2.88. The minimum Gasteiger partial charge on any atom is -0.342 e. The molecule has 18 heavy (non-hydrogen) atoms. The maximum Gasteiger partial charge on any atom is 0.121 e. The van der Waals surface area contributed by atoms with Gasteiger partial charge < -0.3 is 4.23 Å². The summed E-state index contributed by atoms with van der Waals surface area (Å²) in [6, 6.07) is 0. The Bertz CT molecular complexity index is 267. The monoisotopic (exact) mass is 285 g/mol. The SMILES string of the molecule is C=CCN([Si](C)(C)C(C)(C)C)[Si](C)(C)C(C)(C)C. The van der Waals surface area contributed by atoms with Gasteiger partial charge in [-0.2, -0.15) is 0 Å². The van der Waals surface area contributed by atoms with Crippen LogP contribution in [0.4, 0.5) is 0 Å². The van der Waals surface area contributed by atoms with Crippen LogP contribution in [-0.2, 0) is 0 Å². The second-order valence-electron chi connectivity index (χ2n) is 8.52. The van der Waals surface area contributed by atoms with Crippen LogP contribution < -0.4 is 0 Å². The molecule has 0 spiro atoms. The van der Waals surface area contributed by atoms with Crippen LogP contribution >= 0.6 is 0 Å². The Kier molecular flexibility index (Phi) is 5.29. The molecule has 0 aliphatic rings. The van der Waals surface area contributed by atoms with Crippen molar-refractivity contribution in [3.05, 3.63) is 12.7 Å². The predicted molar refractivity (Wildman–Crippen MR) is 91.3 cm³/mol. The molecule has 0 fully saturated rings. The summed E-state index contributed by atoms with van der Waals surface area (Å²) in [6.45, 7) is 29.6. The Morgan fingerprint density at radius 1 is 0.833 bits per heavy atom. The summed E-state index contributed by atoms with van der Waals surface area (Å²) in [6.07, 6.45) is 2.10. The van der Waals surface area contributed by atoms with Crippen LogP contribution in [0.2, 0.25) is 36.3 Å². The van der Waals surface area contributed by atoms with Crippen LogP contribution in [0.25, 0.3) is 0 Å². The smallest absolute Gasteiger partial charge is 0.121 e. The van der Waals surface area contributed by atoms with Crippen molar-refractivity contribution in [2.24, 2.45) is 0 Å². The number of nitrogens with zero attached hydrogens (tertiary/aromatic N) is 1. The fraction of sp³-hybridized carbons (Fsp3) is 0.867. The molecule has 0 rings (SSSR count). The molecule has 0 saturated carbocycles. The Balaban J connectivity index is 5.67. The molecule has 0 aromatic carbocycles. The standard InChI is InChI=1S/C15H35NSi2/c1-12-13-16(17(8,9)14(2,3)4)18(10,11)15(5,6)7/h12H,1,13H2,2-11H3. The lowest BCUT2D eigenvalue weighted by Crippen LogP contribution is -2.68. The van der Waals surface area contributed by atoms with Crippen molar-refractivity contribution in [3.63, 3.8) is 0 Å². The van der Waals surface area contributed by atoms with Crippen molar-refractivity contribution in [2.75, 3.05) is 6.54 Å². The third-order valence-corrected chi connectivity index (χ3v) is 19.1. The second-order valence-corrected chi connectivity index (χ2v) is 19.3. The van der Waals surface area contributed by atoms with Crippen molar-refractivity contribution >= 4 is 16.5 Å². The summed E-state index contributed by atoms with van der Waals surface area (Å²) in [5.41, 5.74) is 0. The van der Waals surface area contributed by atoms with E-state index in [1.807, 2.05) is 0 Å². The number of rotatable bonds is 4. The van der Waals surface area contributed by atoms with Gasteiger partial charge in [0.1, 0.15) is 16.5 Å². The van der Waals surface area contributed by atoms with E-state index in [9.17, 15) is 0 Å². The summed E-state index contributed by atoms with van der Waals surface area (Å²) in [5.74, 6) is 0. The van der Waals surface area contributed by atoms with Crippen LogP contribution in [0.1, 0.15) is 41.5 Å². The van der Waals surface area contributed by atoms with Gasteiger partial charge in [0.05, 0.1) is 0 Å². The molecule has 0 aromatic rings. The summed E-state index contributed by atoms with van der Waals surface area (Å²) in [4.78, 5) is 0. The topological polar surface area (TPSA) is 3.24 Å². The molecule has 1 nitrogen and oxygen atoms in total. The van der Waals surface area contributed by atoms with Gasteiger partial charge in [-0.3, -0.25) is 0 Å². The lowest BCUT2D eigenvalue weighted by atomic mass is 10.2. The molecule has 3 heteroatoms. The largest absolute Gasteiger partial charge is 0.342 e. The van der Waals surface area contributed by atoms with Gasteiger partial charge in [0.2, 0.25) is 0 Å². The van der Waals surface area contributed by atoms with Crippen LogP contribution in [0.3, 0.4) is 0 Å². The zero-order chi connectivity index (χ0) is 15.0. The molecule has 0 aliphatic heterocycles. The average Bonchev–Trinajstić information content (AvgIpc) is 2.09. The molecule has 0 saturated heterocycles. The molecule has 0 N–H and O–H groups in total. The molecule has 0 atom stereocenters. The Morgan fingerprint density at radius 3 is 1.28 bits per heavy atom. The van der Waals surface area contributed by atoms with Gasteiger partial charge in [0.25, 0.3) is 0 Å². The summed E-state index contributed by atoms with van der Waals surface area (Å²) in [7, 11) is -2.95. The van der Waals surface area contributed by atoms with Gasteiger partial charge in [-0.15, -0.1) is 6.58 Å². The average molecular weight is 286 g/mol. The first-order chi connectivity index (χ1) is 7.69. The first kappa shape index (κ1) is 18.1. The van der Waals surface area contributed by atoms with Gasteiger partial charge in [-0.1, -0.05) is 73.8 Å². The zero-order valence-electron chi connectivity index (χ0n) is 14.4. The van der Waals surface area contributed by atoms with Crippen LogP contribution in [0.5, 0.6) is 0 Å². The molecule has 108 valence electrons. The van der Waals surface area contributed by atoms with Gasteiger partial charge in [0.15, 0.2) is 0 Å². The van der Waals surface area contributed by atoms with Crippen molar-refractivity contribution < 1.29 is 0 Å². The normalized spacial score (nSPS) is 15.1. The van der Waals surface area contributed by atoms with E-state index in [0.717, 1.165) is 6.54 Å². The van der Waals surface area contributed by atoms with E-state index in [0.29, 0.717) is 10.1 Å². The van der Waals surface area contributed by atoms with E-state index in [2.05, 4.69) is 84.6 Å². The highest BCUT2D eigenvalue weighted by Gasteiger charge is 2.50. The highest BCUT2D eigenvalue weighted by molar-refractivity contribution is 6.93. The third-order valence-electron chi connectivity index (χ3n) is 5.33. The van der Waals surface area contributed by atoms with Crippen LogP contribution in [0, 0.1) is 0 Å². The third kappa shape index (κ3) is 3.37. The van der Waals surface area contributed by atoms with E-state index in [4.69, 9.17) is 0 Å². The Hall–Kier alpha value is 0.134. The van der Waals surface area contributed by atoms with Gasteiger partial charge >= 0.3 is 0 Å². The molecule has 0 heterocycles. The molecular formula is C15H35NSi2. The summed E-state index contributed by atoms with van der Waals surface area (Å²) >= 11 is 0. The first-order valence-corrected chi connectivity index (χ1v) is 13.0. The van der Waals surface area contributed by atoms with Crippen LogP contribution in [0.15, 0.2) is 12.7 Å². The zero-order valence-corrected chi connectivity index (χ0v) is 16.4. The van der Waals surface area contributed by atoms with E-state index >= 15 is 0 Å². The van der Waals surface area contributed by atoms with E-state index in [-0.39, 0.29) is 0 Å². The lowest BCUT2D eigenvalue weighted by Gasteiger charge is -2.56. The lowest BCUT2D eigenvalue weighted by molar-refractivity contribution is 0.546. The minimum atomic E-state index is -1.48. The van der Waals surface area contributed by atoms with Gasteiger partial charge in [-0.05, 0) is 10.1 Å². The summed E-state index contributed by atoms with van der Waals surface area (Å²) in [5, 5.41) is 0.789. The van der Waals surface area contributed by atoms with E-state index in [1.165, 1.54) is 0 Å². The molecule has 0 aliphatic carbocycles. The van der Waals surface area contributed by atoms with Crippen molar-refractivity contribution in [2.45, 2.75) is 77.8 Å². The van der Waals surface area contributed by atoms with Crippen molar-refractivity contribution in [1.82, 2.24) is 4.23 Å². The predicted octanol–water partition coefficient (Wildman–Crippen LogP) is 5.48. The quantitative estimate of drug-likeness (QED) is 0.488. The molecule has 0 bridgehead atoms. The molecule has 0 aromatic heterocycles. The minimum absolute atomic E-state index is 0.394. The number of hydrogen-bond acceptors (Lipinski definition) is 1. The Morgan fingerprint density at radius 2 is 1.11 bits per heavy atom. The van der Waals surface area contributed by atoms with E-state index in [1.54, 1.807) is 0 Å². The maximum absolute atomic E-state index is 3.99. The second kappa shape index (κ2) is 5.25. The molecule has 0 amide bonds. The van der Waals surface area contributed by atoms with Gasteiger partial charge in [-0.25, -0.2) is 0 Å². The van der Waals surface area contributed by atoms with Crippen LogP contribution in [-0.4, -0.2) is 27.2 Å². The Labute approximate surface area is 118 Å². The fourth-order valence-electron chi connectivity index (χ4n) is 2.09. The molecule has 0 unspecified atom stereocenters. The molecular weight excluding hydrogens is 250 g/mol. The molecule has 0 radical (unpaired) electrons. The maximum atomic E-state index is 3.99. The van der Waals surface area contributed by atoms with Crippen molar-refractivity contribution in [1.29, 1.82) is 0 Å². The highest BCUT2D eigenvalue weighted by Crippen LogP contribution is 2.46. The van der Waals surface area contributed by atoms with Gasteiger partial charge in [0, 0.05) is 6.54 Å². The van der Waals surface area contributed by atoms with E-state index < -0.39 is 16.5 Å². The number of hydrogen-bond donors (Lipinski definition) is 0. The fourth-order valence-corrected chi connectivity index (χ4v) is 12.5. The highest BCUT2D eigenvalue weighted by atomic mass is 28.4. The first-order valence-electron chi connectivity index (χ1n) is 7.08.